The first-order valence-corrected chi connectivity index (χ1v) is 8.95. The molecule has 2 heterocycles. The van der Waals surface area contributed by atoms with Crippen LogP contribution in [0.1, 0.15) is 18.4 Å². The molecule has 2 N–H and O–H groups in total. The molecule has 2 aliphatic rings. The van der Waals surface area contributed by atoms with E-state index >= 15 is 0 Å². The summed E-state index contributed by atoms with van der Waals surface area (Å²) in [6.45, 7) is 0.376. The van der Waals surface area contributed by atoms with Gasteiger partial charge in [-0.3, -0.25) is 14.5 Å². The Morgan fingerprint density at radius 2 is 1.89 bits per heavy atom. The molecule has 2 aromatic carbocycles. The zero-order valence-electron chi connectivity index (χ0n) is 15.0. The summed E-state index contributed by atoms with van der Waals surface area (Å²) in [6.07, 6.45) is 0.330. The van der Waals surface area contributed by atoms with Crippen molar-refractivity contribution in [2.75, 3.05) is 12.1 Å². The number of benzene rings is 2. The number of nitrogens with one attached hydrogen (secondary N) is 2. The van der Waals surface area contributed by atoms with E-state index < -0.39 is 12.1 Å². The van der Waals surface area contributed by atoms with Gasteiger partial charge in [0.25, 0.3) is 5.91 Å². The molecule has 0 aromatic heterocycles. The fraction of sp³-hybridized carbons (Fsp3) is 0.250. The van der Waals surface area contributed by atoms with Crippen LogP contribution in [0.2, 0.25) is 0 Å². The van der Waals surface area contributed by atoms with E-state index in [1.54, 1.807) is 18.2 Å². The molecular weight excluding hydrogens is 362 g/mol. The number of urea groups is 1. The van der Waals surface area contributed by atoms with Gasteiger partial charge in [0.15, 0.2) is 11.5 Å². The summed E-state index contributed by atoms with van der Waals surface area (Å²) in [5, 5.41) is 5.41. The highest BCUT2D eigenvalue weighted by atomic mass is 16.7. The Kier molecular flexibility index (Phi) is 4.84. The fourth-order valence-electron chi connectivity index (χ4n) is 3.16. The third-order valence-corrected chi connectivity index (χ3v) is 4.61. The molecule has 0 aliphatic carbocycles. The number of amides is 4. The first-order chi connectivity index (χ1) is 13.6. The van der Waals surface area contributed by atoms with Crippen LogP contribution >= 0.6 is 0 Å². The van der Waals surface area contributed by atoms with Gasteiger partial charge >= 0.3 is 6.03 Å². The highest BCUT2D eigenvalue weighted by molar-refractivity contribution is 6.04. The Morgan fingerprint density at radius 3 is 2.71 bits per heavy atom. The van der Waals surface area contributed by atoms with E-state index in [1.807, 2.05) is 30.3 Å². The Balaban J connectivity index is 1.30. The third-order valence-electron chi connectivity index (χ3n) is 4.61. The van der Waals surface area contributed by atoms with Crippen LogP contribution in [0.25, 0.3) is 0 Å². The standard InChI is InChI=1S/C20H19N3O5/c24-18(21-14-6-8-16-17(10-14)28-12-27-16)9-7-15-19(25)23(20(26)22-15)11-13-4-2-1-3-5-13/h1-6,8,10,15H,7,9,11-12H2,(H,21,24)(H,22,26)/t15-/m0/s1. The third kappa shape index (κ3) is 3.75. The van der Waals surface area contributed by atoms with E-state index in [0.717, 1.165) is 5.56 Å². The molecule has 0 bridgehead atoms. The van der Waals surface area contributed by atoms with Crippen molar-refractivity contribution in [3.05, 3.63) is 54.1 Å². The molecule has 8 heteroatoms. The molecule has 1 atom stereocenters. The van der Waals surface area contributed by atoms with Crippen molar-refractivity contribution in [1.82, 2.24) is 10.2 Å². The Labute approximate surface area is 161 Å². The monoisotopic (exact) mass is 381 g/mol. The van der Waals surface area contributed by atoms with Gasteiger partial charge in [0, 0.05) is 18.2 Å². The van der Waals surface area contributed by atoms with Crippen LogP contribution in [-0.2, 0) is 16.1 Å². The van der Waals surface area contributed by atoms with Gasteiger partial charge in [0.2, 0.25) is 12.7 Å². The number of hydrogen-bond donors (Lipinski definition) is 2. The highest BCUT2D eigenvalue weighted by Crippen LogP contribution is 2.34. The predicted molar refractivity (Wildman–Crippen MR) is 99.7 cm³/mol. The van der Waals surface area contributed by atoms with Crippen LogP contribution in [0.4, 0.5) is 10.5 Å². The van der Waals surface area contributed by atoms with Crippen LogP contribution in [0.3, 0.4) is 0 Å². The molecule has 4 amide bonds. The lowest BCUT2D eigenvalue weighted by atomic mass is 10.1. The SMILES string of the molecule is O=C(CC[C@@H]1NC(=O)N(Cc2ccccc2)C1=O)Nc1ccc2c(c1)OCO2. The van der Waals surface area contributed by atoms with Gasteiger partial charge in [-0.2, -0.15) is 0 Å². The second-order valence-corrected chi connectivity index (χ2v) is 6.57. The van der Waals surface area contributed by atoms with Crippen LogP contribution in [-0.4, -0.2) is 35.6 Å². The van der Waals surface area contributed by atoms with Crippen molar-refractivity contribution in [3.8, 4) is 11.5 Å². The number of anilines is 1. The van der Waals surface area contributed by atoms with Crippen molar-refractivity contribution in [1.29, 1.82) is 0 Å². The van der Waals surface area contributed by atoms with E-state index in [9.17, 15) is 14.4 Å². The quantitative estimate of drug-likeness (QED) is 0.748. The molecule has 28 heavy (non-hydrogen) atoms. The van der Waals surface area contributed by atoms with E-state index in [2.05, 4.69) is 10.6 Å². The maximum absolute atomic E-state index is 12.5. The Morgan fingerprint density at radius 1 is 1.11 bits per heavy atom. The van der Waals surface area contributed by atoms with Crippen molar-refractivity contribution in [3.63, 3.8) is 0 Å². The molecule has 0 spiro atoms. The number of ether oxygens (including phenoxy) is 2. The summed E-state index contributed by atoms with van der Waals surface area (Å²) in [6, 6.07) is 13.3. The van der Waals surface area contributed by atoms with Crippen molar-refractivity contribution >= 4 is 23.5 Å². The van der Waals surface area contributed by atoms with Crippen molar-refractivity contribution in [2.45, 2.75) is 25.4 Å². The van der Waals surface area contributed by atoms with Crippen LogP contribution in [0.15, 0.2) is 48.5 Å². The molecule has 2 aliphatic heterocycles. The van der Waals surface area contributed by atoms with Gasteiger partial charge in [-0.1, -0.05) is 30.3 Å². The second-order valence-electron chi connectivity index (χ2n) is 6.57. The molecule has 4 rings (SSSR count). The van der Waals surface area contributed by atoms with Crippen LogP contribution < -0.4 is 20.1 Å². The van der Waals surface area contributed by atoms with E-state index in [0.29, 0.717) is 17.2 Å². The molecule has 0 radical (unpaired) electrons. The summed E-state index contributed by atoms with van der Waals surface area (Å²) in [4.78, 5) is 38.0. The minimum Gasteiger partial charge on any atom is -0.454 e. The van der Waals surface area contributed by atoms with Gasteiger partial charge in [-0.05, 0) is 24.1 Å². The summed E-state index contributed by atoms with van der Waals surface area (Å²) in [7, 11) is 0. The second kappa shape index (κ2) is 7.59. The van der Waals surface area contributed by atoms with Crippen LogP contribution in [0, 0.1) is 0 Å². The maximum atomic E-state index is 12.5. The van der Waals surface area contributed by atoms with E-state index in [1.165, 1.54) is 4.90 Å². The number of imide groups is 1. The Bertz CT molecular complexity index is 915. The molecule has 144 valence electrons. The van der Waals surface area contributed by atoms with Gasteiger partial charge in [0.05, 0.1) is 6.54 Å². The van der Waals surface area contributed by atoms with Gasteiger partial charge in [-0.15, -0.1) is 0 Å². The number of fused-ring (bicyclic) bond motifs is 1. The zero-order chi connectivity index (χ0) is 19.5. The molecule has 0 saturated carbocycles. The van der Waals surface area contributed by atoms with Crippen molar-refractivity contribution < 1.29 is 23.9 Å². The molecular formula is C20H19N3O5. The topological polar surface area (TPSA) is 97.0 Å². The summed E-state index contributed by atoms with van der Waals surface area (Å²) >= 11 is 0. The molecule has 2 aromatic rings. The number of rotatable bonds is 6. The predicted octanol–water partition coefficient (Wildman–Crippen LogP) is 2.25. The van der Waals surface area contributed by atoms with Gasteiger partial charge < -0.3 is 20.1 Å². The minimum absolute atomic E-state index is 0.101. The van der Waals surface area contributed by atoms with E-state index in [4.69, 9.17) is 9.47 Å². The largest absolute Gasteiger partial charge is 0.454 e. The lowest BCUT2D eigenvalue weighted by Gasteiger charge is -2.13. The fourth-order valence-corrected chi connectivity index (χ4v) is 3.16. The lowest BCUT2D eigenvalue weighted by Crippen LogP contribution is -2.31. The van der Waals surface area contributed by atoms with E-state index in [-0.39, 0.29) is 38.0 Å². The normalized spacial score (nSPS) is 17.6. The number of hydrogen-bond acceptors (Lipinski definition) is 5. The first-order valence-electron chi connectivity index (χ1n) is 8.95. The Hall–Kier alpha value is -3.55. The molecule has 8 nitrogen and oxygen atoms in total. The minimum atomic E-state index is -0.696. The molecule has 1 saturated heterocycles. The number of carbonyl (C=O) groups excluding carboxylic acids is 3. The van der Waals surface area contributed by atoms with Crippen molar-refractivity contribution in [2.24, 2.45) is 0 Å². The average molecular weight is 381 g/mol. The smallest absolute Gasteiger partial charge is 0.325 e. The molecule has 0 unspecified atom stereocenters. The summed E-state index contributed by atoms with van der Waals surface area (Å²) in [5.74, 6) is 0.649. The maximum Gasteiger partial charge on any atom is 0.325 e. The summed E-state index contributed by atoms with van der Waals surface area (Å²) < 4.78 is 10.5. The van der Waals surface area contributed by atoms with Crippen LogP contribution in [0.5, 0.6) is 11.5 Å². The number of nitrogens with zero attached hydrogens (tertiary/aromatic N) is 1. The zero-order valence-corrected chi connectivity index (χ0v) is 15.0. The van der Waals surface area contributed by atoms with Gasteiger partial charge in [0.1, 0.15) is 6.04 Å². The average Bonchev–Trinajstić information content (AvgIpc) is 3.26. The van der Waals surface area contributed by atoms with Gasteiger partial charge in [-0.25, -0.2) is 4.79 Å². The molecule has 1 fully saturated rings. The number of carbonyl (C=O) groups is 3. The lowest BCUT2D eigenvalue weighted by molar-refractivity contribution is -0.128. The highest BCUT2D eigenvalue weighted by Gasteiger charge is 2.37. The first kappa shape index (κ1) is 17.8. The summed E-state index contributed by atoms with van der Waals surface area (Å²) in [5.41, 5.74) is 1.45.